The minimum absolute atomic E-state index is 0.0699. The van der Waals surface area contributed by atoms with Crippen LogP contribution in [0.1, 0.15) is 43.4 Å². The topological polar surface area (TPSA) is 36.4 Å². The summed E-state index contributed by atoms with van der Waals surface area (Å²) in [5, 5.41) is 10.8. The van der Waals surface area contributed by atoms with E-state index in [1.807, 2.05) is 11.7 Å². The first kappa shape index (κ1) is 12.6. The van der Waals surface area contributed by atoms with Crippen LogP contribution in [-0.4, -0.2) is 39.7 Å². The zero-order valence-corrected chi connectivity index (χ0v) is 11.7. The molecule has 2 fully saturated rings. The van der Waals surface area contributed by atoms with E-state index in [0.717, 1.165) is 6.42 Å². The first-order valence-electron chi connectivity index (χ1n) is 7.12. The number of thiazole rings is 1. The van der Waals surface area contributed by atoms with Gasteiger partial charge in [0.1, 0.15) is 0 Å². The Morgan fingerprint density at radius 1 is 1.28 bits per heavy atom. The van der Waals surface area contributed by atoms with Crippen molar-refractivity contribution in [3.05, 3.63) is 16.6 Å². The van der Waals surface area contributed by atoms with Crippen molar-refractivity contribution in [2.24, 2.45) is 0 Å². The van der Waals surface area contributed by atoms with Gasteiger partial charge in [-0.15, -0.1) is 11.3 Å². The van der Waals surface area contributed by atoms with Crippen molar-refractivity contribution in [3.63, 3.8) is 0 Å². The van der Waals surface area contributed by atoms with Crippen molar-refractivity contribution >= 4 is 11.3 Å². The van der Waals surface area contributed by atoms with Crippen LogP contribution in [0.15, 0.2) is 11.7 Å². The van der Waals surface area contributed by atoms with E-state index in [0.29, 0.717) is 0 Å². The number of hydrogen-bond acceptors (Lipinski definition) is 4. The monoisotopic (exact) mass is 266 g/mol. The molecule has 1 N–H and O–H groups in total. The van der Waals surface area contributed by atoms with Crippen molar-refractivity contribution in [2.45, 2.75) is 56.6 Å². The zero-order valence-electron chi connectivity index (χ0n) is 10.8. The number of likely N-dealkylation sites (tertiary alicyclic amines) is 1. The Hall–Kier alpha value is -0.450. The maximum Gasteiger partial charge on any atom is 0.0794 e. The smallest absolute Gasteiger partial charge is 0.0794 e. The lowest BCUT2D eigenvalue weighted by Gasteiger charge is -2.42. The minimum Gasteiger partial charge on any atom is -0.391 e. The predicted octanol–water partition coefficient (Wildman–Crippen LogP) is 2.46. The van der Waals surface area contributed by atoms with Gasteiger partial charge in [0.2, 0.25) is 0 Å². The highest BCUT2D eigenvalue weighted by Gasteiger charge is 2.45. The highest BCUT2D eigenvalue weighted by molar-refractivity contribution is 7.09. The van der Waals surface area contributed by atoms with E-state index in [1.165, 1.54) is 56.5 Å². The van der Waals surface area contributed by atoms with Gasteiger partial charge in [0.05, 0.1) is 11.6 Å². The van der Waals surface area contributed by atoms with Crippen LogP contribution in [0.3, 0.4) is 0 Å². The predicted molar refractivity (Wildman–Crippen MR) is 73.8 cm³/mol. The molecule has 0 amide bonds. The average molecular weight is 266 g/mol. The summed E-state index contributed by atoms with van der Waals surface area (Å²) in [6.07, 6.45) is 9.96. The number of nitrogens with zero attached hydrogens (tertiary/aromatic N) is 2. The van der Waals surface area contributed by atoms with Gasteiger partial charge in [0, 0.05) is 23.0 Å². The van der Waals surface area contributed by atoms with Crippen LogP contribution in [0.25, 0.3) is 0 Å². The molecule has 0 spiro atoms. The molecule has 1 saturated heterocycles. The molecule has 1 atom stereocenters. The second kappa shape index (κ2) is 5.27. The molecule has 18 heavy (non-hydrogen) atoms. The summed E-state index contributed by atoms with van der Waals surface area (Å²) in [5.74, 6) is 0. The third-order valence-corrected chi connectivity index (χ3v) is 5.51. The van der Waals surface area contributed by atoms with E-state index in [1.54, 1.807) is 11.3 Å². The summed E-state index contributed by atoms with van der Waals surface area (Å²) >= 11 is 1.66. The van der Waals surface area contributed by atoms with Crippen molar-refractivity contribution in [1.82, 2.24) is 9.88 Å². The third kappa shape index (κ3) is 2.22. The van der Waals surface area contributed by atoms with Crippen molar-refractivity contribution in [3.8, 4) is 0 Å². The molecule has 1 unspecified atom stereocenters. The molecule has 4 heteroatoms. The summed E-state index contributed by atoms with van der Waals surface area (Å²) in [6.45, 7) is 2.36. The SMILES string of the molecule is OC(Cc1cncs1)C1(N2CCCC2)CCCC1. The van der Waals surface area contributed by atoms with E-state index in [2.05, 4.69) is 9.88 Å². The maximum atomic E-state index is 10.8. The third-order valence-electron chi connectivity index (χ3n) is 4.70. The van der Waals surface area contributed by atoms with Crippen LogP contribution in [0.5, 0.6) is 0 Å². The Balaban J connectivity index is 1.76. The molecule has 1 aromatic rings. The van der Waals surface area contributed by atoms with Crippen LogP contribution in [0.4, 0.5) is 0 Å². The fourth-order valence-corrected chi connectivity index (χ4v) is 4.37. The summed E-state index contributed by atoms with van der Waals surface area (Å²) in [4.78, 5) is 7.91. The lowest BCUT2D eigenvalue weighted by atomic mass is 9.86. The molecule has 2 heterocycles. The van der Waals surface area contributed by atoms with E-state index < -0.39 is 0 Å². The molecule has 1 saturated carbocycles. The molecule has 0 radical (unpaired) electrons. The maximum absolute atomic E-state index is 10.8. The van der Waals surface area contributed by atoms with E-state index >= 15 is 0 Å². The summed E-state index contributed by atoms with van der Waals surface area (Å²) in [5.41, 5.74) is 1.93. The van der Waals surface area contributed by atoms with Gasteiger partial charge in [0.15, 0.2) is 0 Å². The van der Waals surface area contributed by atoms with Gasteiger partial charge < -0.3 is 5.11 Å². The standard InChI is InChI=1S/C14H22N2OS/c17-13(9-12-10-15-11-18-12)14(5-1-2-6-14)16-7-3-4-8-16/h10-11,13,17H,1-9H2. The largest absolute Gasteiger partial charge is 0.391 e. The first-order chi connectivity index (χ1) is 8.81. The summed E-state index contributed by atoms with van der Waals surface area (Å²) < 4.78 is 0. The second-order valence-corrected chi connectivity index (χ2v) is 6.66. The van der Waals surface area contributed by atoms with Crippen LogP contribution >= 0.6 is 11.3 Å². The summed E-state index contributed by atoms with van der Waals surface area (Å²) in [6, 6.07) is 0. The van der Waals surface area contributed by atoms with Gasteiger partial charge in [-0.05, 0) is 38.8 Å². The Morgan fingerprint density at radius 2 is 2.00 bits per heavy atom. The van der Waals surface area contributed by atoms with E-state index in [4.69, 9.17) is 0 Å². The van der Waals surface area contributed by atoms with Gasteiger partial charge in [-0.2, -0.15) is 0 Å². The van der Waals surface area contributed by atoms with Gasteiger partial charge >= 0.3 is 0 Å². The lowest BCUT2D eigenvalue weighted by molar-refractivity contribution is -0.0168. The molecule has 1 aliphatic heterocycles. The highest BCUT2D eigenvalue weighted by atomic mass is 32.1. The molecule has 2 aliphatic rings. The fraction of sp³-hybridized carbons (Fsp3) is 0.786. The van der Waals surface area contributed by atoms with Gasteiger partial charge in [-0.1, -0.05) is 12.8 Å². The number of aromatic nitrogens is 1. The quantitative estimate of drug-likeness (QED) is 0.909. The normalized spacial score (nSPS) is 25.6. The molecule has 100 valence electrons. The number of hydrogen-bond donors (Lipinski definition) is 1. The Bertz CT molecular complexity index is 367. The lowest BCUT2D eigenvalue weighted by Crippen LogP contribution is -2.54. The van der Waals surface area contributed by atoms with Gasteiger partial charge in [0.25, 0.3) is 0 Å². The zero-order chi connectivity index (χ0) is 12.4. The van der Waals surface area contributed by atoms with Crippen LogP contribution < -0.4 is 0 Å². The molecule has 1 aliphatic carbocycles. The van der Waals surface area contributed by atoms with E-state index in [9.17, 15) is 5.11 Å². The molecule has 3 rings (SSSR count). The molecular weight excluding hydrogens is 244 g/mol. The number of rotatable bonds is 4. The number of aliphatic hydroxyl groups is 1. The van der Waals surface area contributed by atoms with Gasteiger partial charge in [-0.3, -0.25) is 9.88 Å². The number of aliphatic hydroxyl groups excluding tert-OH is 1. The molecule has 0 aromatic carbocycles. The fourth-order valence-electron chi connectivity index (χ4n) is 3.73. The van der Waals surface area contributed by atoms with Crippen molar-refractivity contribution in [2.75, 3.05) is 13.1 Å². The molecule has 0 bridgehead atoms. The summed E-state index contributed by atoms with van der Waals surface area (Å²) in [7, 11) is 0. The minimum atomic E-state index is -0.224. The van der Waals surface area contributed by atoms with E-state index in [-0.39, 0.29) is 11.6 Å². The molecule has 1 aromatic heterocycles. The van der Waals surface area contributed by atoms with Crippen molar-refractivity contribution < 1.29 is 5.11 Å². The Morgan fingerprint density at radius 3 is 2.61 bits per heavy atom. The molecular formula is C14H22N2OS. The van der Waals surface area contributed by atoms with Crippen LogP contribution in [0.2, 0.25) is 0 Å². The van der Waals surface area contributed by atoms with Gasteiger partial charge in [-0.25, -0.2) is 0 Å². The average Bonchev–Trinajstić information content (AvgIpc) is 3.12. The Kier molecular flexibility index (Phi) is 3.68. The highest BCUT2D eigenvalue weighted by Crippen LogP contribution is 2.41. The van der Waals surface area contributed by atoms with Crippen molar-refractivity contribution in [1.29, 1.82) is 0 Å². The second-order valence-electron chi connectivity index (χ2n) is 5.69. The Labute approximate surface area is 113 Å². The first-order valence-corrected chi connectivity index (χ1v) is 8.00. The molecule has 3 nitrogen and oxygen atoms in total. The van der Waals surface area contributed by atoms with Crippen LogP contribution in [0, 0.1) is 0 Å². The van der Waals surface area contributed by atoms with Crippen LogP contribution in [-0.2, 0) is 6.42 Å².